The van der Waals surface area contributed by atoms with Crippen LogP contribution in [0, 0.1) is 0 Å². The van der Waals surface area contributed by atoms with E-state index in [2.05, 4.69) is 15.3 Å². The van der Waals surface area contributed by atoms with E-state index in [0.717, 1.165) is 20.9 Å². The standard InChI is InChI=1S/C21H18ClN3O3S2/c1-12(26)17-3-4-18(30-17)13-7-14-8-15(28-20(14)16(22)9-13)10-25-19(27)11-29-21-23-5-2-6-24-21/h2-7,9,15H,8,10-11H2,1H3,(H,25,27)/t15-/m1/s1. The molecule has 1 amide bonds. The smallest absolute Gasteiger partial charge is 0.230 e. The maximum atomic E-state index is 12.1. The van der Waals surface area contributed by atoms with Gasteiger partial charge in [0.25, 0.3) is 0 Å². The summed E-state index contributed by atoms with van der Waals surface area (Å²) in [6, 6.07) is 9.39. The first-order chi connectivity index (χ1) is 14.5. The predicted molar refractivity (Wildman–Crippen MR) is 119 cm³/mol. The van der Waals surface area contributed by atoms with Crippen molar-refractivity contribution in [2.24, 2.45) is 0 Å². The van der Waals surface area contributed by atoms with Crippen molar-refractivity contribution >= 4 is 46.4 Å². The molecule has 3 aromatic rings. The molecule has 1 N–H and O–H groups in total. The van der Waals surface area contributed by atoms with Gasteiger partial charge in [-0.3, -0.25) is 9.59 Å². The second-order valence-corrected chi connectivity index (χ2v) is 9.17. The van der Waals surface area contributed by atoms with E-state index in [1.807, 2.05) is 24.3 Å². The third-order valence-electron chi connectivity index (χ3n) is 4.49. The van der Waals surface area contributed by atoms with Crippen molar-refractivity contribution in [1.29, 1.82) is 0 Å². The fourth-order valence-electron chi connectivity index (χ4n) is 3.09. The van der Waals surface area contributed by atoms with E-state index in [9.17, 15) is 9.59 Å². The van der Waals surface area contributed by atoms with Crippen LogP contribution in [-0.2, 0) is 11.2 Å². The number of rotatable bonds is 7. The van der Waals surface area contributed by atoms with Gasteiger partial charge >= 0.3 is 0 Å². The number of carbonyl (C=O) groups excluding carboxylic acids is 2. The summed E-state index contributed by atoms with van der Waals surface area (Å²) in [5.74, 6) is 0.852. The van der Waals surface area contributed by atoms with E-state index < -0.39 is 0 Å². The van der Waals surface area contributed by atoms with Crippen LogP contribution < -0.4 is 10.1 Å². The number of amides is 1. The summed E-state index contributed by atoms with van der Waals surface area (Å²) in [5.41, 5.74) is 1.96. The number of benzene rings is 1. The van der Waals surface area contributed by atoms with Crippen molar-refractivity contribution in [3.8, 4) is 16.2 Å². The van der Waals surface area contributed by atoms with Gasteiger partial charge < -0.3 is 10.1 Å². The second-order valence-electron chi connectivity index (χ2n) is 6.73. The highest BCUT2D eigenvalue weighted by atomic mass is 35.5. The average molecular weight is 460 g/mol. The molecule has 30 heavy (non-hydrogen) atoms. The minimum atomic E-state index is -0.175. The predicted octanol–water partition coefficient (Wildman–Crippen LogP) is 4.27. The van der Waals surface area contributed by atoms with Crippen LogP contribution in [0.3, 0.4) is 0 Å². The number of ether oxygens (including phenoxy) is 1. The van der Waals surface area contributed by atoms with E-state index in [4.69, 9.17) is 16.3 Å². The maximum Gasteiger partial charge on any atom is 0.230 e. The molecule has 1 aliphatic heterocycles. The summed E-state index contributed by atoms with van der Waals surface area (Å²) in [7, 11) is 0. The summed E-state index contributed by atoms with van der Waals surface area (Å²) in [6.07, 6.45) is 3.77. The van der Waals surface area contributed by atoms with E-state index in [0.29, 0.717) is 28.9 Å². The Balaban J connectivity index is 1.35. The van der Waals surface area contributed by atoms with Gasteiger partial charge in [-0.15, -0.1) is 11.3 Å². The van der Waals surface area contributed by atoms with Crippen LogP contribution >= 0.6 is 34.7 Å². The maximum absolute atomic E-state index is 12.1. The van der Waals surface area contributed by atoms with Crippen LogP contribution in [-0.4, -0.2) is 40.1 Å². The van der Waals surface area contributed by atoms with Crippen molar-refractivity contribution in [2.45, 2.75) is 24.6 Å². The molecule has 1 aromatic carbocycles. The first-order valence-electron chi connectivity index (χ1n) is 9.26. The van der Waals surface area contributed by atoms with Gasteiger partial charge in [0.15, 0.2) is 10.9 Å². The second kappa shape index (κ2) is 9.16. The third-order valence-corrected chi connectivity index (χ3v) is 6.88. The Morgan fingerprint density at radius 1 is 1.30 bits per heavy atom. The lowest BCUT2D eigenvalue weighted by Crippen LogP contribution is -2.35. The topological polar surface area (TPSA) is 81.2 Å². The number of nitrogens with zero attached hydrogens (tertiary/aromatic N) is 2. The van der Waals surface area contributed by atoms with E-state index >= 15 is 0 Å². The SMILES string of the molecule is CC(=O)c1ccc(-c2cc(Cl)c3c(c2)C[C@H](CNC(=O)CSc2ncccn2)O3)s1. The lowest BCUT2D eigenvalue weighted by molar-refractivity contribution is -0.118. The number of nitrogens with one attached hydrogen (secondary N) is 1. The number of thioether (sulfide) groups is 1. The monoisotopic (exact) mass is 459 g/mol. The van der Waals surface area contributed by atoms with Crippen molar-refractivity contribution in [3.63, 3.8) is 0 Å². The molecule has 1 aliphatic rings. The third kappa shape index (κ3) is 4.83. The zero-order valence-electron chi connectivity index (χ0n) is 16.1. The van der Waals surface area contributed by atoms with Gasteiger partial charge in [-0.25, -0.2) is 9.97 Å². The molecule has 2 aromatic heterocycles. The quantitative estimate of drug-likeness (QED) is 0.323. The van der Waals surface area contributed by atoms with Crippen molar-refractivity contribution in [1.82, 2.24) is 15.3 Å². The Hall–Kier alpha value is -2.42. The molecule has 0 radical (unpaired) electrons. The first-order valence-corrected chi connectivity index (χ1v) is 11.4. The van der Waals surface area contributed by atoms with Crippen LogP contribution in [0.4, 0.5) is 0 Å². The summed E-state index contributed by atoms with van der Waals surface area (Å²) >= 11 is 9.18. The number of carbonyl (C=O) groups is 2. The first kappa shape index (κ1) is 20.8. The highest BCUT2D eigenvalue weighted by Gasteiger charge is 2.26. The molecule has 9 heteroatoms. The van der Waals surface area contributed by atoms with Gasteiger partial charge in [-0.2, -0.15) is 0 Å². The fourth-order valence-corrected chi connectivity index (χ4v) is 4.90. The van der Waals surface area contributed by atoms with E-state index in [1.165, 1.54) is 23.1 Å². The highest BCUT2D eigenvalue weighted by Crippen LogP contribution is 2.41. The lowest BCUT2D eigenvalue weighted by atomic mass is 10.1. The van der Waals surface area contributed by atoms with Gasteiger partial charge in [0.2, 0.25) is 5.91 Å². The molecule has 0 spiro atoms. The summed E-state index contributed by atoms with van der Waals surface area (Å²) in [5, 5.41) is 3.99. The van der Waals surface area contributed by atoms with Gasteiger partial charge in [0.05, 0.1) is 22.2 Å². The van der Waals surface area contributed by atoms with Crippen LogP contribution in [0.25, 0.3) is 10.4 Å². The Morgan fingerprint density at radius 3 is 2.83 bits per heavy atom. The normalized spacial score (nSPS) is 14.8. The Bertz CT molecular complexity index is 1090. The number of Topliss-reactive ketones (excluding diaryl/α,β-unsaturated/α-hetero) is 1. The zero-order valence-corrected chi connectivity index (χ0v) is 18.4. The molecule has 4 rings (SSSR count). The largest absolute Gasteiger partial charge is 0.486 e. The summed E-state index contributed by atoms with van der Waals surface area (Å²) in [6.45, 7) is 1.95. The van der Waals surface area contributed by atoms with Gasteiger partial charge in [0.1, 0.15) is 11.9 Å². The fraction of sp³-hybridized carbons (Fsp3) is 0.238. The molecule has 0 bridgehead atoms. The molecule has 0 saturated heterocycles. The molecule has 3 heterocycles. The number of thiophene rings is 1. The Morgan fingerprint density at radius 2 is 2.10 bits per heavy atom. The summed E-state index contributed by atoms with van der Waals surface area (Å²) in [4.78, 5) is 33.6. The molecule has 0 fully saturated rings. The molecule has 0 saturated carbocycles. The highest BCUT2D eigenvalue weighted by molar-refractivity contribution is 7.99. The van der Waals surface area contributed by atoms with Crippen LogP contribution in [0.1, 0.15) is 22.2 Å². The number of hydrogen-bond donors (Lipinski definition) is 1. The van der Waals surface area contributed by atoms with Gasteiger partial charge in [-0.05, 0) is 42.8 Å². The van der Waals surface area contributed by atoms with Crippen LogP contribution in [0.15, 0.2) is 47.9 Å². The molecule has 0 unspecified atom stereocenters. The average Bonchev–Trinajstić information content (AvgIpc) is 3.39. The van der Waals surface area contributed by atoms with Crippen molar-refractivity contribution in [2.75, 3.05) is 12.3 Å². The molecule has 6 nitrogen and oxygen atoms in total. The number of fused-ring (bicyclic) bond motifs is 1. The van der Waals surface area contributed by atoms with E-state index in [1.54, 1.807) is 25.4 Å². The Labute approximate surface area is 187 Å². The number of ketones is 1. The van der Waals surface area contributed by atoms with Crippen LogP contribution in [0.5, 0.6) is 5.75 Å². The van der Waals surface area contributed by atoms with E-state index in [-0.39, 0.29) is 23.5 Å². The van der Waals surface area contributed by atoms with Gasteiger partial charge in [-0.1, -0.05) is 23.4 Å². The van der Waals surface area contributed by atoms with Crippen LogP contribution in [0.2, 0.25) is 5.02 Å². The number of halogens is 1. The number of aromatic nitrogens is 2. The molecule has 154 valence electrons. The lowest BCUT2D eigenvalue weighted by Gasteiger charge is -2.12. The minimum absolute atomic E-state index is 0.0506. The minimum Gasteiger partial charge on any atom is -0.486 e. The molecular formula is C21H18ClN3O3S2. The number of hydrogen-bond acceptors (Lipinski definition) is 7. The van der Waals surface area contributed by atoms with Crippen molar-refractivity contribution < 1.29 is 14.3 Å². The molecular weight excluding hydrogens is 442 g/mol. The molecule has 1 atom stereocenters. The summed E-state index contributed by atoms with van der Waals surface area (Å²) < 4.78 is 5.96. The molecule has 0 aliphatic carbocycles. The van der Waals surface area contributed by atoms with Crippen molar-refractivity contribution in [3.05, 3.63) is 58.2 Å². The Kier molecular flexibility index (Phi) is 6.36. The zero-order chi connectivity index (χ0) is 21.1. The van der Waals surface area contributed by atoms with Gasteiger partial charge in [0, 0.05) is 29.3 Å².